The second-order valence-corrected chi connectivity index (χ2v) is 6.49. The smallest absolute Gasteiger partial charge is 0.349 e. The third-order valence-electron chi connectivity index (χ3n) is 4.51. The molecule has 0 bridgehead atoms. The van der Waals surface area contributed by atoms with Crippen LogP contribution < -0.4 is 5.32 Å². The zero-order valence-corrected chi connectivity index (χ0v) is 14.5. The van der Waals surface area contributed by atoms with Crippen molar-refractivity contribution in [2.24, 2.45) is 5.92 Å². The van der Waals surface area contributed by atoms with Gasteiger partial charge < -0.3 is 15.1 Å². The molecule has 1 amide bonds. The Labute approximate surface area is 142 Å². The van der Waals surface area contributed by atoms with Crippen molar-refractivity contribution in [2.75, 3.05) is 45.8 Å². The number of hydrogen-bond acceptors (Lipinski definition) is 3. The summed E-state index contributed by atoms with van der Waals surface area (Å²) in [6.07, 6.45) is 0. The van der Waals surface area contributed by atoms with Crippen LogP contribution >= 0.6 is 0 Å². The molecule has 1 saturated heterocycles. The fourth-order valence-electron chi connectivity index (χ4n) is 2.95. The van der Waals surface area contributed by atoms with E-state index in [-0.39, 0.29) is 18.0 Å². The number of likely N-dealkylation sites (N-methyl/N-ethyl adjacent to an activating group) is 1. The van der Waals surface area contributed by atoms with Crippen LogP contribution in [0.5, 0.6) is 0 Å². The van der Waals surface area contributed by atoms with Crippen LogP contribution in [0.3, 0.4) is 0 Å². The highest BCUT2D eigenvalue weighted by Crippen LogP contribution is 2.27. The first-order valence-corrected chi connectivity index (χ1v) is 8.59. The molecule has 1 unspecified atom stereocenters. The zero-order valence-electron chi connectivity index (χ0n) is 14.5. The Kier molecular flexibility index (Phi) is 6.69. The minimum absolute atomic E-state index is 0.133. The number of alkyl halides is 2. The van der Waals surface area contributed by atoms with E-state index < -0.39 is 11.8 Å². The maximum atomic E-state index is 14.1. The Hall–Kier alpha value is -1.53. The molecule has 0 radical (unpaired) electrons. The van der Waals surface area contributed by atoms with Gasteiger partial charge in [-0.3, -0.25) is 4.79 Å². The number of hydrogen-bond donors (Lipinski definition) is 1. The fourth-order valence-corrected chi connectivity index (χ4v) is 2.95. The fraction of sp³-hybridized carbons (Fsp3) is 0.611. The number of rotatable bonds is 7. The van der Waals surface area contributed by atoms with Crippen LogP contribution in [0, 0.1) is 5.92 Å². The Balaban J connectivity index is 1.77. The van der Waals surface area contributed by atoms with Crippen LogP contribution in [0.25, 0.3) is 0 Å². The van der Waals surface area contributed by atoms with Gasteiger partial charge in [0.15, 0.2) is 0 Å². The minimum Gasteiger partial charge on any atom is -0.350 e. The third kappa shape index (κ3) is 4.98. The van der Waals surface area contributed by atoms with E-state index in [1.807, 2.05) is 6.92 Å². The number of nitrogens with zero attached hydrogens (tertiary/aromatic N) is 2. The molecule has 1 aliphatic rings. The maximum Gasteiger partial charge on any atom is 0.349 e. The monoisotopic (exact) mass is 339 g/mol. The molecule has 0 saturated carbocycles. The average molecular weight is 339 g/mol. The van der Waals surface area contributed by atoms with Crippen LogP contribution in [0.4, 0.5) is 8.78 Å². The normalized spacial score (nSPS) is 18.3. The summed E-state index contributed by atoms with van der Waals surface area (Å²) in [7, 11) is 0. The lowest BCUT2D eigenvalue weighted by atomic mass is 10.1. The summed E-state index contributed by atoms with van der Waals surface area (Å²) in [6, 6.07) is 7.22. The largest absolute Gasteiger partial charge is 0.350 e. The van der Waals surface area contributed by atoms with Crippen LogP contribution in [0.1, 0.15) is 19.4 Å². The number of nitrogens with one attached hydrogen (secondary N) is 1. The van der Waals surface area contributed by atoms with E-state index in [1.54, 1.807) is 6.07 Å². The van der Waals surface area contributed by atoms with Crippen molar-refractivity contribution in [1.29, 1.82) is 0 Å². The van der Waals surface area contributed by atoms with Crippen LogP contribution in [0.2, 0.25) is 0 Å². The number of amides is 1. The quantitative estimate of drug-likeness (QED) is 0.827. The first-order chi connectivity index (χ1) is 11.4. The molecule has 134 valence electrons. The van der Waals surface area contributed by atoms with Crippen molar-refractivity contribution in [1.82, 2.24) is 15.1 Å². The number of carbonyl (C=O) groups is 1. The van der Waals surface area contributed by atoms with Gasteiger partial charge >= 0.3 is 5.92 Å². The Morgan fingerprint density at radius 1 is 1.17 bits per heavy atom. The highest BCUT2D eigenvalue weighted by molar-refractivity contribution is 5.84. The van der Waals surface area contributed by atoms with Crippen molar-refractivity contribution in [3.8, 4) is 0 Å². The van der Waals surface area contributed by atoms with Crippen molar-refractivity contribution < 1.29 is 13.6 Å². The average Bonchev–Trinajstić information content (AvgIpc) is 2.61. The molecule has 1 N–H and O–H groups in total. The van der Waals surface area contributed by atoms with Gasteiger partial charge in [0.1, 0.15) is 0 Å². The van der Waals surface area contributed by atoms with Crippen molar-refractivity contribution in [3.63, 3.8) is 0 Å². The summed E-state index contributed by atoms with van der Waals surface area (Å²) in [4.78, 5) is 16.6. The summed E-state index contributed by atoms with van der Waals surface area (Å²) < 4.78 is 28.2. The summed E-state index contributed by atoms with van der Waals surface area (Å²) in [5.41, 5.74) is -0.272. The van der Waals surface area contributed by atoms with E-state index in [2.05, 4.69) is 22.0 Å². The maximum absolute atomic E-state index is 14.1. The van der Waals surface area contributed by atoms with Crippen LogP contribution in [0.15, 0.2) is 30.3 Å². The molecule has 1 heterocycles. The van der Waals surface area contributed by atoms with E-state index in [1.165, 1.54) is 24.3 Å². The first kappa shape index (κ1) is 18.8. The number of benzene rings is 1. The molecule has 1 aromatic rings. The van der Waals surface area contributed by atoms with Crippen molar-refractivity contribution in [3.05, 3.63) is 35.9 Å². The zero-order chi connectivity index (χ0) is 17.6. The number of carbonyl (C=O) groups excluding carboxylic acids is 1. The topological polar surface area (TPSA) is 35.6 Å². The van der Waals surface area contributed by atoms with Gasteiger partial charge in [-0.05, 0) is 12.5 Å². The summed E-state index contributed by atoms with van der Waals surface area (Å²) in [6.45, 7) is 10.3. The van der Waals surface area contributed by atoms with Gasteiger partial charge in [-0.25, -0.2) is 0 Å². The molecular weight excluding hydrogens is 312 g/mol. The lowest BCUT2D eigenvalue weighted by Crippen LogP contribution is -2.48. The molecular formula is C18H27F2N3O. The Bertz CT molecular complexity index is 516. The van der Waals surface area contributed by atoms with Crippen LogP contribution in [-0.2, 0) is 10.7 Å². The highest BCUT2D eigenvalue weighted by Gasteiger charge is 2.40. The lowest BCUT2D eigenvalue weighted by Gasteiger charge is -2.35. The molecule has 0 aliphatic carbocycles. The second kappa shape index (κ2) is 8.53. The minimum atomic E-state index is -3.49. The van der Waals surface area contributed by atoms with E-state index in [0.717, 1.165) is 39.3 Å². The van der Waals surface area contributed by atoms with Gasteiger partial charge in [0.05, 0.1) is 0 Å². The highest BCUT2D eigenvalue weighted by atomic mass is 19.3. The van der Waals surface area contributed by atoms with Gasteiger partial charge in [-0.1, -0.05) is 44.2 Å². The molecule has 1 aromatic carbocycles. The molecule has 24 heavy (non-hydrogen) atoms. The number of piperazine rings is 1. The van der Waals surface area contributed by atoms with Gasteiger partial charge in [0.25, 0.3) is 5.91 Å². The summed E-state index contributed by atoms with van der Waals surface area (Å²) in [5.74, 6) is -4.58. The van der Waals surface area contributed by atoms with Gasteiger partial charge in [-0.15, -0.1) is 0 Å². The first-order valence-electron chi connectivity index (χ1n) is 8.59. The van der Waals surface area contributed by atoms with Crippen LogP contribution in [-0.4, -0.2) is 61.5 Å². The van der Waals surface area contributed by atoms with Gasteiger partial charge in [0, 0.05) is 44.8 Å². The lowest BCUT2D eigenvalue weighted by molar-refractivity contribution is -0.147. The molecule has 1 fully saturated rings. The molecule has 0 spiro atoms. The Morgan fingerprint density at radius 3 is 2.33 bits per heavy atom. The molecule has 2 rings (SSSR count). The summed E-state index contributed by atoms with van der Waals surface area (Å²) in [5, 5.41) is 2.40. The predicted molar refractivity (Wildman–Crippen MR) is 91.1 cm³/mol. The van der Waals surface area contributed by atoms with E-state index in [9.17, 15) is 13.6 Å². The number of halogens is 2. The van der Waals surface area contributed by atoms with E-state index >= 15 is 0 Å². The SMILES string of the molecule is CCN1CCN(CC(C)CNC(=O)C(F)(F)c2ccccc2)CC1. The molecule has 4 nitrogen and oxygen atoms in total. The van der Waals surface area contributed by atoms with Crippen molar-refractivity contribution in [2.45, 2.75) is 19.8 Å². The Morgan fingerprint density at radius 2 is 1.75 bits per heavy atom. The van der Waals surface area contributed by atoms with E-state index in [4.69, 9.17) is 0 Å². The summed E-state index contributed by atoms with van der Waals surface area (Å²) >= 11 is 0. The predicted octanol–water partition coefficient (Wildman–Crippen LogP) is 2.17. The van der Waals surface area contributed by atoms with E-state index in [0.29, 0.717) is 0 Å². The standard InChI is InChI=1S/C18H27F2N3O/c1-3-22-9-11-23(12-10-22)14-15(2)13-21-17(24)18(19,20)16-7-5-4-6-8-16/h4-8,15H,3,9-14H2,1-2H3,(H,21,24). The molecule has 6 heteroatoms. The van der Waals surface area contributed by atoms with Gasteiger partial charge in [-0.2, -0.15) is 8.78 Å². The molecule has 1 aliphatic heterocycles. The molecule has 1 atom stereocenters. The van der Waals surface area contributed by atoms with Gasteiger partial charge in [0.2, 0.25) is 0 Å². The molecule has 0 aromatic heterocycles. The van der Waals surface area contributed by atoms with Crippen molar-refractivity contribution >= 4 is 5.91 Å². The third-order valence-corrected chi connectivity index (χ3v) is 4.51. The second-order valence-electron chi connectivity index (χ2n) is 6.49.